The highest BCUT2D eigenvalue weighted by Gasteiger charge is 2.44. The number of nitrogens with two attached hydrogens (primary N) is 1. The highest BCUT2D eigenvalue weighted by atomic mass is 16.2. The SMILES string of the molecule is CC(CN)(NC(=O)C1CC(=O)N(c2cccc3ccccc23)C1)C1CC1. The first-order chi connectivity index (χ1) is 12.5. The molecule has 2 aliphatic rings. The van der Waals surface area contributed by atoms with Crippen LogP contribution in [0.5, 0.6) is 0 Å². The monoisotopic (exact) mass is 351 g/mol. The van der Waals surface area contributed by atoms with E-state index >= 15 is 0 Å². The molecule has 1 aliphatic carbocycles. The van der Waals surface area contributed by atoms with Gasteiger partial charge in [-0.25, -0.2) is 0 Å². The lowest BCUT2D eigenvalue weighted by Crippen LogP contribution is -2.54. The van der Waals surface area contributed by atoms with E-state index < -0.39 is 0 Å². The van der Waals surface area contributed by atoms with Crippen LogP contribution in [0, 0.1) is 11.8 Å². The van der Waals surface area contributed by atoms with Crippen molar-refractivity contribution in [3.63, 3.8) is 0 Å². The predicted molar refractivity (Wildman–Crippen MR) is 103 cm³/mol. The van der Waals surface area contributed by atoms with E-state index in [-0.39, 0.29) is 29.7 Å². The molecule has 2 aromatic rings. The molecule has 5 nitrogen and oxygen atoms in total. The van der Waals surface area contributed by atoms with Gasteiger partial charge in [-0.15, -0.1) is 0 Å². The van der Waals surface area contributed by atoms with E-state index in [9.17, 15) is 9.59 Å². The summed E-state index contributed by atoms with van der Waals surface area (Å²) in [5.41, 5.74) is 6.44. The van der Waals surface area contributed by atoms with Gasteiger partial charge in [0.15, 0.2) is 0 Å². The van der Waals surface area contributed by atoms with Gasteiger partial charge in [0, 0.05) is 24.9 Å². The minimum atomic E-state index is -0.354. The highest BCUT2D eigenvalue weighted by molar-refractivity contribution is 6.07. The molecule has 5 heteroatoms. The number of amides is 2. The quantitative estimate of drug-likeness (QED) is 0.869. The number of rotatable bonds is 5. The van der Waals surface area contributed by atoms with E-state index in [2.05, 4.69) is 5.32 Å². The molecule has 1 heterocycles. The van der Waals surface area contributed by atoms with E-state index in [1.54, 1.807) is 4.90 Å². The summed E-state index contributed by atoms with van der Waals surface area (Å²) in [6.07, 6.45) is 2.47. The zero-order valence-corrected chi connectivity index (χ0v) is 15.1. The highest BCUT2D eigenvalue weighted by Crippen LogP contribution is 2.39. The Hall–Kier alpha value is -2.40. The van der Waals surface area contributed by atoms with Crippen LogP contribution >= 0.6 is 0 Å². The molecule has 1 saturated carbocycles. The van der Waals surface area contributed by atoms with E-state index in [0.717, 1.165) is 29.3 Å². The number of hydrogen-bond donors (Lipinski definition) is 2. The second-order valence-electron chi connectivity index (χ2n) is 7.79. The molecule has 0 spiro atoms. The number of anilines is 1. The standard InChI is InChI=1S/C21H25N3O2/c1-21(13-22,16-9-10-16)23-20(26)15-11-19(25)24(12-15)18-8-4-6-14-5-2-3-7-17(14)18/h2-8,15-16H,9-13,22H2,1H3,(H,23,26). The summed E-state index contributed by atoms with van der Waals surface area (Å²) in [5, 5.41) is 5.26. The third-order valence-electron chi connectivity index (χ3n) is 5.86. The number of carbonyl (C=O) groups is 2. The van der Waals surface area contributed by atoms with Crippen molar-refractivity contribution in [3.8, 4) is 0 Å². The van der Waals surface area contributed by atoms with Gasteiger partial charge in [0.25, 0.3) is 0 Å². The summed E-state index contributed by atoms with van der Waals surface area (Å²) in [7, 11) is 0. The molecule has 3 N–H and O–H groups in total. The molecule has 0 radical (unpaired) electrons. The lowest BCUT2D eigenvalue weighted by Gasteiger charge is -2.30. The number of fused-ring (bicyclic) bond motifs is 1. The minimum absolute atomic E-state index is 0.00220. The van der Waals surface area contributed by atoms with Crippen LogP contribution in [0.4, 0.5) is 5.69 Å². The van der Waals surface area contributed by atoms with Gasteiger partial charge in [0.1, 0.15) is 0 Å². The third-order valence-corrected chi connectivity index (χ3v) is 5.86. The first-order valence-corrected chi connectivity index (χ1v) is 9.32. The molecule has 4 rings (SSSR count). The number of carbonyl (C=O) groups excluding carboxylic acids is 2. The fraction of sp³-hybridized carbons (Fsp3) is 0.429. The maximum absolute atomic E-state index is 12.8. The Morgan fingerprint density at radius 1 is 1.23 bits per heavy atom. The second-order valence-corrected chi connectivity index (χ2v) is 7.79. The molecule has 2 amide bonds. The van der Waals surface area contributed by atoms with Gasteiger partial charge in [-0.2, -0.15) is 0 Å². The van der Waals surface area contributed by atoms with Crippen LogP contribution in [0.3, 0.4) is 0 Å². The molecule has 0 aromatic heterocycles. The van der Waals surface area contributed by atoms with Gasteiger partial charge in [-0.3, -0.25) is 9.59 Å². The summed E-state index contributed by atoms with van der Waals surface area (Å²) in [5.74, 6) is 0.0807. The van der Waals surface area contributed by atoms with Crippen molar-refractivity contribution < 1.29 is 9.59 Å². The molecule has 2 fully saturated rings. The summed E-state index contributed by atoms with van der Waals surface area (Å²) >= 11 is 0. The molecule has 2 unspecified atom stereocenters. The molecule has 0 bridgehead atoms. The maximum atomic E-state index is 12.8. The number of benzene rings is 2. The zero-order chi connectivity index (χ0) is 18.3. The van der Waals surface area contributed by atoms with Crippen LogP contribution in [-0.4, -0.2) is 30.4 Å². The summed E-state index contributed by atoms with van der Waals surface area (Å²) in [4.78, 5) is 27.2. The number of nitrogens with zero attached hydrogens (tertiary/aromatic N) is 1. The van der Waals surface area contributed by atoms with Gasteiger partial charge >= 0.3 is 0 Å². The van der Waals surface area contributed by atoms with Gasteiger partial charge < -0.3 is 16.0 Å². The number of hydrogen-bond acceptors (Lipinski definition) is 3. The maximum Gasteiger partial charge on any atom is 0.227 e. The summed E-state index contributed by atoms with van der Waals surface area (Å²) < 4.78 is 0. The first kappa shape index (κ1) is 17.0. The minimum Gasteiger partial charge on any atom is -0.349 e. The molecule has 26 heavy (non-hydrogen) atoms. The van der Waals surface area contributed by atoms with Crippen LogP contribution in [0.25, 0.3) is 10.8 Å². The van der Waals surface area contributed by atoms with E-state index in [1.807, 2.05) is 49.4 Å². The average Bonchev–Trinajstić information content (AvgIpc) is 3.44. The van der Waals surface area contributed by atoms with Crippen LogP contribution in [0.1, 0.15) is 26.2 Å². The van der Waals surface area contributed by atoms with Crippen molar-refractivity contribution in [2.45, 2.75) is 31.7 Å². The Balaban J connectivity index is 1.54. The molecule has 2 aromatic carbocycles. The lowest BCUT2D eigenvalue weighted by molar-refractivity contribution is -0.128. The van der Waals surface area contributed by atoms with Crippen LogP contribution in [-0.2, 0) is 9.59 Å². The Morgan fingerprint density at radius 2 is 1.96 bits per heavy atom. The number of nitrogens with one attached hydrogen (secondary N) is 1. The molecular formula is C21H25N3O2. The van der Waals surface area contributed by atoms with Crippen molar-refractivity contribution in [1.29, 1.82) is 0 Å². The third kappa shape index (κ3) is 2.97. The fourth-order valence-electron chi connectivity index (χ4n) is 3.98. The Labute approximate surface area is 153 Å². The van der Waals surface area contributed by atoms with E-state index in [4.69, 9.17) is 5.73 Å². The largest absolute Gasteiger partial charge is 0.349 e. The molecular weight excluding hydrogens is 326 g/mol. The van der Waals surface area contributed by atoms with Gasteiger partial charge in [0.2, 0.25) is 11.8 Å². The molecule has 136 valence electrons. The predicted octanol–water partition coefficient (Wildman–Crippen LogP) is 2.44. The normalized spacial score (nSPS) is 22.5. The van der Waals surface area contributed by atoms with E-state index in [1.165, 1.54) is 0 Å². The van der Waals surface area contributed by atoms with Gasteiger partial charge in [-0.05, 0) is 37.1 Å². The van der Waals surface area contributed by atoms with Crippen molar-refractivity contribution in [3.05, 3.63) is 42.5 Å². The van der Waals surface area contributed by atoms with Gasteiger partial charge in [0.05, 0.1) is 17.1 Å². The van der Waals surface area contributed by atoms with E-state index in [0.29, 0.717) is 19.0 Å². The summed E-state index contributed by atoms with van der Waals surface area (Å²) in [6.45, 7) is 2.86. The van der Waals surface area contributed by atoms with Crippen molar-refractivity contribution in [1.82, 2.24) is 5.32 Å². The zero-order valence-electron chi connectivity index (χ0n) is 15.1. The van der Waals surface area contributed by atoms with Crippen LogP contribution < -0.4 is 16.0 Å². The Morgan fingerprint density at radius 3 is 2.69 bits per heavy atom. The topological polar surface area (TPSA) is 75.4 Å². The van der Waals surface area contributed by atoms with Gasteiger partial charge in [-0.1, -0.05) is 36.4 Å². The van der Waals surface area contributed by atoms with Crippen LogP contribution in [0.15, 0.2) is 42.5 Å². The molecule has 2 atom stereocenters. The summed E-state index contributed by atoms with van der Waals surface area (Å²) in [6, 6.07) is 14.0. The Kier molecular flexibility index (Phi) is 4.19. The van der Waals surface area contributed by atoms with Crippen molar-refractivity contribution in [2.24, 2.45) is 17.6 Å². The fourth-order valence-corrected chi connectivity index (χ4v) is 3.98. The Bertz CT molecular complexity index is 856. The van der Waals surface area contributed by atoms with Crippen molar-refractivity contribution >= 4 is 28.3 Å². The smallest absolute Gasteiger partial charge is 0.227 e. The average molecular weight is 351 g/mol. The molecule has 1 aliphatic heterocycles. The van der Waals surface area contributed by atoms with Crippen LogP contribution in [0.2, 0.25) is 0 Å². The first-order valence-electron chi connectivity index (χ1n) is 9.32. The molecule has 1 saturated heterocycles. The lowest BCUT2D eigenvalue weighted by atomic mass is 9.94. The van der Waals surface area contributed by atoms with Crippen molar-refractivity contribution in [2.75, 3.05) is 18.0 Å². The second kappa shape index (κ2) is 6.40.